The molecule has 1 aromatic rings. The number of nitrogen functional groups attached to an aromatic ring is 1. The Morgan fingerprint density at radius 3 is 2.68 bits per heavy atom. The maximum Gasteiger partial charge on any atom is 0.330 e. The van der Waals surface area contributed by atoms with E-state index in [1.165, 1.54) is 19.5 Å². The lowest BCUT2D eigenvalue weighted by atomic mass is 9.71. The number of anilines is 1. The molecule has 2 aliphatic rings. The van der Waals surface area contributed by atoms with Crippen LogP contribution in [0.25, 0.3) is 0 Å². The zero-order valence-electron chi connectivity index (χ0n) is 16.4. The van der Waals surface area contributed by atoms with Crippen molar-refractivity contribution in [3.8, 4) is 0 Å². The minimum absolute atomic E-state index is 0.0994. The first-order valence-electron chi connectivity index (χ1n) is 9.83. The van der Waals surface area contributed by atoms with Crippen molar-refractivity contribution in [3.63, 3.8) is 0 Å². The van der Waals surface area contributed by atoms with Crippen molar-refractivity contribution in [2.24, 2.45) is 11.8 Å². The number of rotatable bonds is 5. The predicted octanol–water partition coefficient (Wildman–Crippen LogP) is 2.19. The highest BCUT2D eigenvalue weighted by atomic mass is 16.4. The van der Waals surface area contributed by atoms with Crippen LogP contribution in [0.4, 0.5) is 10.6 Å². The van der Waals surface area contributed by atoms with Gasteiger partial charge in [-0.2, -0.15) is 0 Å². The summed E-state index contributed by atoms with van der Waals surface area (Å²) in [5, 5.41) is 12.7. The molecule has 1 aromatic heterocycles. The summed E-state index contributed by atoms with van der Waals surface area (Å²) in [5.74, 6) is -1.84. The number of pyridine rings is 1. The Balaban J connectivity index is 1.73. The first-order chi connectivity index (χ1) is 13.2. The molecule has 0 radical (unpaired) electrons. The Kier molecular flexibility index (Phi) is 5.58. The zero-order chi connectivity index (χ0) is 20.5. The molecule has 1 saturated carbocycles. The number of likely N-dealkylation sites (tertiary alicyclic amines) is 1. The first kappa shape index (κ1) is 20.1. The molecule has 4 N–H and O–H groups in total. The predicted molar refractivity (Wildman–Crippen MR) is 103 cm³/mol. The zero-order valence-corrected chi connectivity index (χ0v) is 16.4. The van der Waals surface area contributed by atoms with Crippen LogP contribution in [0.2, 0.25) is 0 Å². The topological polar surface area (TPSA) is 126 Å². The molecule has 0 spiro atoms. The van der Waals surface area contributed by atoms with Crippen molar-refractivity contribution in [1.82, 2.24) is 15.2 Å². The number of hydrogen-bond donors (Lipinski definition) is 3. The fourth-order valence-corrected chi connectivity index (χ4v) is 4.43. The normalized spacial score (nSPS) is 26.4. The summed E-state index contributed by atoms with van der Waals surface area (Å²) in [4.78, 5) is 42.3. The number of nitrogens with zero attached hydrogens (tertiary/aromatic N) is 2. The van der Waals surface area contributed by atoms with Crippen molar-refractivity contribution >= 4 is 23.7 Å². The van der Waals surface area contributed by atoms with E-state index in [4.69, 9.17) is 5.73 Å². The van der Waals surface area contributed by atoms with Gasteiger partial charge in [-0.25, -0.2) is 19.5 Å². The molecule has 1 aliphatic carbocycles. The Morgan fingerprint density at radius 2 is 2.07 bits per heavy atom. The van der Waals surface area contributed by atoms with Crippen molar-refractivity contribution in [1.29, 1.82) is 0 Å². The monoisotopic (exact) mass is 388 g/mol. The third-order valence-electron chi connectivity index (χ3n) is 6.29. The van der Waals surface area contributed by atoms with Crippen LogP contribution in [-0.2, 0) is 16.0 Å². The number of aromatic nitrogens is 1. The standard InChI is InChI=1S/C20H28N4O4/c1-12(14-6-4-3-5-7-14)23-19(28)24-17(25)15(20(24,2)18(26)27)10-13-8-9-22-16(21)11-13/h8-9,11-12,14-15H,3-7,10H2,1-2H3,(H2,21,22)(H,23,28)(H,26,27)/t12-,15+,20?/m1/s1. The van der Waals surface area contributed by atoms with Crippen LogP contribution in [-0.4, -0.2) is 44.5 Å². The van der Waals surface area contributed by atoms with Gasteiger partial charge in [0.25, 0.3) is 0 Å². The second-order valence-electron chi connectivity index (χ2n) is 8.11. The van der Waals surface area contributed by atoms with Crippen LogP contribution in [0.1, 0.15) is 51.5 Å². The van der Waals surface area contributed by atoms with Gasteiger partial charge in [0.2, 0.25) is 5.91 Å². The van der Waals surface area contributed by atoms with Crippen LogP contribution >= 0.6 is 0 Å². The van der Waals surface area contributed by atoms with Crippen LogP contribution in [0.5, 0.6) is 0 Å². The molecule has 2 heterocycles. The molecular weight excluding hydrogens is 360 g/mol. The van der Waals surface area contributed by atoms with Crippen LogP contribution in [0, 0.1) is 11.8 Å². The fourth-order valence-electron chi connectivity index (χ4n) is 4.43. The number of β-lactam (4-membered cyclic amide) rings is 1. The maximum atomic E-state index is 12.8. The number of aliphatic carboxylic acids is 1. The second kappa shape index (κ2) is 7.77. The molecule has 28 heavy (non-hydrogen) atoms. The van der Waals surface area contributed by atoms with E-state index in [9.17, 15) is 19.5 Å². The Bertz CT molecular complexity index is 777. The smallest absolute Gasteiger partial charge is 0.330 e. The third kappa shape index (κ3) is 3.55. The summed E-state index contributed by atoms with van der Waals surface area (Å²) in [5.41, 5.74) is 4.79. The lowest BCUT2D eigenvalue weighted by Gasteiger charge is -2.51. The van der Waals surface area contributed by atoms with E-state index in [1.54, 1.807) is 12.1 Å². The second-order valence-corrected chi connectivity index (χ2v) is 8.11. The van der Waals surface area contributed by atoms with Crippen molar-refractivity contribution in [2.75, 3.05) is 5.73 Å². The minimum Gasteiger partial charge on any atom is -0.479 e. The summed E-state index contributed by atoms with van der Waals surface area (Å²) in [6.45, 7) is 3.35. The van der Waals surface area contributed by atoms with Gasteiger partial charge in [0.1, 0.15) is 5.82 Å². The summed E-state index contributed by atoms with van der Waals surface area (Å²) < 4.78 is 0. The molecule has 1 aliphatic heterocycles. The fraction of sp³-hybridized carbons (Fsp3) is 0.600. The minimum atomic E-state index is -1.59. The molecule has 3 rings (SSSR count). The van der Waals surface area contributed by atoms with Gasteiger partial charge < -0.3 is 16.2 Å². The summed E-state index contributed by atoms with van der Waals surface area (Å²) in [6, 6.07) is 2.58. The molecule has 8 heteroatoms. The highest BCUT2D eigenvalue weighted by Crippen LogP contribution is 2.40. The average molecular weight is 388 g/mol. The molecule has 8 nitrogen and oxygen atoms in total. The van der Waals surface area contributed by atoms with Crippen LogP contribution in [0.15, 0.2) is 18.3 Å². The third-order valence-corrected chi connectivity index (χ3v) is 6.29. The van der Waals surface area contributed by atoms with Crippen molar-refractivity contribution in [2.45, 2.75) is 64.0 Å². The number of nitrogens with one attached hydrogen (secondary N) is 1. The van der Waals surface area contributed by atoms with E-state index in [0.29, 0.717) is 17.3 Å². The molecule has 0 aromatic carbocycles. The quantitative estimate of drug-likeness (QED) is 0.664. The van der Waals surface area contributed by atoms with E-state index < -0.39 is 29.4 Å². The molecular formula is C20H28N4O4. The largest absolute Gasteiger partial charge is 0.479 e. The summed E-state index contributed by atoms with van der Waals surface area (Å²) >= 11 is 0. The molecule has 2 fully saturated rings. The van der Waals surface area contributed by atoms with Gasteiger partial charge in [0, 0.05) is 12.2 Å². The van der Waals surface area contributed by atoms with Gasteiger partial charge in [-0.1, -0.05) is 19.3 Å². The lowest BCUT2D eigenvalue weighted by Crippen LogP contribution is -2.76. The van der Waals surface area contributed by atoms with Gasteiger partial charge in [0.05, 0.1) is 5.92 Å². The van der Waals surface area contributed by atoms with Gasteiger partial charge >= 0.3 is 12.0 Å². The van der Waals surface area contributed by atoms with Crippen LogP contribution in [0.3, 0.4) is 0 Å². The number of nitrogens with two attached hydrogens (primary N) is 1. The Morgan fingerprint density at radius 1 is 1.39 bits per heavy atom. The van der Waals surface area contributed by atoms with E-state index in [0.717, 1.165) is 30.6 Å². The van der Waals surface area contributed by atoms with Gasteiger partial charge in [-0.15, -0.1) is 0 Å². The summed E-state index contributed by atoms with van der Waals surface area (Å²) in [7, 11) is 0. The Labute approximate surface area is 164 Å². The summed E-state index contributed by atoms with van der Waals surface area (Å²) in [6.07, 6.45) is 7.27. The van der Waals surface area contributed by atoms with Gasteiger partial charge in [0.15, 0.2) is 5.54 Å². The highest BCUT2D eigenvalue weighted by molar-refractivity contribution is 6.10. The lowest BCUT2D eigenvalue weighted by molar-refractivity contribution is -0.178. The average Bonchev–Trinajstić information content (AvgIpc) is 2.66. The molecule has 0 bridgehead atoms. The number of imide groups is 1. The van der Waals surface area contributed by atoms with E-state index in [-0.39, 0.29) is 12.5 Å². The highest BCUT2D eigenvalue weighted by Gasteiger charge is 2.64. The van der Waals surface area contributed by atoms with Crippen molar-refractivity contribution in [3.05, 3.63) is 23.9 Å². The Hall–Kier alpha value is -2.64. The number of carbonyl (C=O) groups is 3. The molecule has 3 amide bonds. The first-order valence-corrected chi connectivity index (χ1v) is 9.83. The van der Waals surface area contributed by atoms with Gasteiger partial charge in [-0.05, 0) is 56.7 Å². The number of hydrogen-bond acceptors (Lipinski definition) is 5. The van der Waals surface area contributed by atoms with Crippen LogP contribution < -0.4 is 11.1 Å². The van der Waals surface area contributed by atoms with E-state index in [1.807, 2.05) is 6.92 Å². The van der Waals surface area contributed by atoms with E-state index >= 15 is 0 Å². The van der Waals surface area contributed by atoms with E-state index in [2.05, 4.69) is 10.3 Å². The number of amides is 3. The number of carboxylic acid groups (broad SMARTS) is 1. The molecule has 152 valence electrons. The number of carboxylic acids is 1. The molecule has 1 unspecified atom stereocenters. The molecule has 1 saturated heterocycles. The SMILES string of the molecule is C[C@@H](NC(=O)N1C(=O)[C@H](Cc2ccnc(N)c2)C1(C)C(=O)O)C1CCCCC1. The molecule has 3 atom stereocenters. The maximum absolute atomic E-state index is 12.8. The van der Waals surface area contributed by atoms with Crippen molar-refractivity contribution < 1.29 is 19.5 Å². The number of urea groups is 1. The van der Waals surface area contributed by atoms with Gasteiger partial charge in [-0.3, -0.25) is 4.79 Å². The number of carbonyl (C=O) groups excluding carboxylic acids is 2.